The molecular formula is C25H20N2O3S. The van der Waals surface area contributed by atoms with E-state index in [1.807, 2.05) is 41.8 Å². The highest BCUT2D eigenvalue weighted by molar-refractivity contribution is 7.13. The van der Waals surface area contributed by atoms with Gasteiger partial charge < -0.3 is 10.1 Å². The van der Waals surface area contributed by atoms with Gasteiger partial charge in [-0.3, -0.25) is 9.59 Å². The fourth-order valence-electron chi connectivity index (χ4n) is 3.14. The van der Waals surface area contributed by atoms with Crippen LogP contribution in [0.2, 0.25) is 0 Å². The van der Waals surface area contributed by atoms with Gasteiger partial charge in [-0.25, -0.2) is 4.98 Å². The number of carbonyl (C=O) groups excluding carboxylic acids is 2. The van der Waals surface area contributed by atoms with Gasteiger partial charge in [0.1, 0.15) is 10.8 Å². The molecule has 6 heteroatoms. The second kappa shape index (κ2) is 8.93. The monoisotopic (exact) mass is 428 g/mol. The molecule has 0 bridgehead atoms. The van der Waals surface area contributed by atoms with E-state index in [4.69, 9.17) is 9.72 Å². The highest BCUT2D eigenvalue weighted by atomic mass is 32.1. The zero-order valence-electron chi connectivity index (χ0n) is 17.1. The first-order valence-electron chi connectivity index (χ1n) is 9.71. The molecule has 0 saturated carbocycles. The smallest absolute Gasteiger partial charge is 0.308 e. The molecule has 0 unspecified atom stereocenters. The van der Waals surface area contributed by atoms with E-state index in [2.05, 4.69) is 24.4 Å². The van der Waals surface area contributed by atoms with Crippen LogP contribution in [-0.4, -0.2) is 16.9 Å². The number of benzene rings is 3. The van der Waals surface area contributed by atoms with Crippen LogP contribution in [-0.2, 0) is 4.79 Å². The van der Waals surface area contributed by atoms with Crippen LogP contribution in [0.15, 0.2) is 78.2 Å². The molecule has 1 N–H and O–H groups in total. The second-order valence-corrected chi connectivity index (χ2v) is 7.86. The number of aromatic nitrogens is 1. The second-order valence-electron chi connectivity index (χ2n) is 7.01. The Labute approximate surface area is 184 Å². The molecular weight excluding hydrogens is 408 g/mol. The number of nitrogens with one attached hydrogen (secondary N) is 1. The Hall–Kier alpha value is -3.77. The maximum Gasteiger partial charge on any atom is 0.308 e. The fourth-order valence-corrected chi connectivity index (χ4v) is 4.06. The normalized spacial score (nSPS) is 10.5. The molecule has 0 fully saturated rings. The average molecular weight is 429 g/mol. The highest BCUT2D eigenvalue weighted by Gasteiger charge is 2.11. The molecule has 0 saturated heterocycles. The van der Waals surface area contributed by atoms with Crippen LogP contribution in [0.25, 0.3) is 21.8 Å². The number of nitrogens with zero attached hydrogens (tertiary/aromatic N) is 1. The van der Waals surface area contributed by atoms with Crippen molar-refractivity contribution < 1.29 is 14.3 Å². The predicted molar refractivity (Wildman–Crippen MR) is 123 cm³/mol. The van der Waals surface area contributed by atoms with Gasteiger partial charge in [-0.05, 0) is 42.8 Å². The third kappa shape index (κ3) is 4.87. The van der Waals surface area contributed by atoms with Gasteiger partial charge in [-0.2, -0.15) is 0 Å². The number of thiazole rings is 1. The standard InChI is InChI=1S/C25H20N2O3S/c1-16-6-3-4-9-22(16)25-27-23(15-31-25)18-10-12-20(13-11-18)26-24(29)19-7-5-8-21(14-19)30-17(2)28/h3-15H,1-2H3,(H,26,29). The van der Waals surface area contributed by atoms with E-state index in [-0.39, 0.29) is 5.91 Å². The number of amides is 1. The van der Waals surface area contributed by atoms with E-state index in [0.29, 0.717) is 17.0 Å². The zero-order valence-corrected chi connectivity index (χ0v) is 17.9. The summed E-state index contributed by atoms with van der Waals surface area (Å²) in [5.41, 5.74) is 5.28. The van der Waals surface area contributed by atoms with Crippen molar-refractivity contribution in [1.29, 1.82) is 0 Å². The van der Waals surface area contributed by atoms with Crippen LogP contribution in [0.1, 0.15) is 22.8 Å². The van der Waals surface area contributed by atoms with Crippen LogP contribution < -0.4 is 10.1 Å². The molecule has 1 heterocycles. The number of hydrogen-bond donors (Lipinski definition) is 1. The van der Waals surface area contributed by atoms with Crippen LogP contribution in [0.4, 0.5) is 5.69 Å². The fraction of sp³-hybridized carbons (Fsp3) is 0.0800. The number of aryl methyl sites for hydroxylation is 1. The van der Waals surface area contributed by atoms with Gasteiger partial charge in [0.2, 0.25) is 0 Å². The summed E-state index contributed by atoms with van der Waals surface area (Å²) in [6, 6.07) is 22.2. The van der Waals surface area contributed by atoms with E-state index in [1.165, 1.54) is 18.6 Å². The lowest BCUT2D eigenvalue weighted by Gasteiger charge is -2.07. The van der Waals surface area contributed by atoms with Gasteiger partial charge >= 0.3 is 5.97 Å². The van der Waals surface area contributed by atoms with Crippen molar-refractivity contribution in [1.82, 2.24) is 4.98 Å². The lowest BCUT2D eigenvalue weighted by Crippen LogP contribution is -2.12. The summed E-state index contributed by atoms with van der Waals surface area (Å²) in [5.74, 6) is -0.374. The third-order valence-corrected chi connectivity index (χ3v) is 5.55. The molecule has 0 aliphatic rings. The Morgan fingerprint density at radius 1 is 0.968 bits per heavy atom. The van der Waals surface area contributed by atoms with Crippen molar-refractivity contribution >= 4 is 28.9 Å². The molecule has 4 aromatic rings. The summed E-state index contributed by atoms with van der Waals surface area (Å²) < 4.78 is 5.04. The van der Waals surface area contributed by atoms with Crippen molar-refractivity contribution in [2.45, 2.75) is 13.8 Å². The topological polar surface area (TPSA) is 68.3 Å². The molecule has 0 aliphatic carbocycles. The number of esters is 1. The minimum absolute atomic E-state index is 0.280. The van der Waals surface area contributed by atoms with Crippen molar-refractivity contribution in [2.24, 2.45) is 0 Å². The molecule has 1 aromatic heterocycles. The molecule has 0 spiro atoms. The van der Waals surface area contributed by atoms with Crippen molar-refractivity contribution in [2.75, 3.05) is 5.32 Å². The predicted octanol–water partition coefficient (Wildman–Crippen LogP) is 5.96. The van der Waals surface area contributed by atoms with Crippen LogP contribution in [0, 0.1) is 6.92 Å². The quantitative estimate of drug-likeness (QED) is 0.314. The minimum atomic E-state index is -0.430. The molecule has 3 aromatic carbocycles. The Kier molecular flexibility index (Phi) is 5.91. The molecule has 154 valence electrons. The first-order valence-corrected chi connectivity index (χ1v) is 10.6. The van der Waals surface area contributed by atoms with E-state index in [1.54, 1.807) is 29.5 Å². The summed E-state index contributed by atoms with van der Waals surface area (Å²) in [7, 11) is 0. The summed E-state index contributed by atoms with van der Waals surface area (Å²) in [6.45, 7) is 3.40. The summed E-state index contributed by atoms with van der Waals surface area (Å²) >= 11 is 1.61. The van der Waals surface area contributed by atoms with Crippen LogP contribution >= 0.6 is 11.3 Å². The molecule has 31 heavy (non-hydrogen) atoms. The van der Waals surface area contributed by atoms with Gasteiger partial charge in [0, 0.05) is 34.7 Å². The number of carbonyl (C=O) groups is 2. The molecule has 5 nitrogen and oxygen atoms in total. The zero-order chi connectivity index (χ0) is 21.8. The molecule has 0 atom stereocenters. The largest absolute Gasteiger partial charge is 0.427 e. The van der Waals surface area contributed by atoms with E-state index < -0.39 is 5.97 Å². The van der Waals surface area contributed by atoms with Crippen LogP contribution in [0.3, 0.4) is 0 Å². The maximum atomic E-state index is 12.5. The summed E-state index contributed by atoms with van der Waals surface area (Å²) in [4.78, 5) is 28.4. The highest BCUT2D eigenvalue weighted by Crippen LogP contribution is 2.31. The number of rotatable bonds is 5. The van der Waals surface area contributed by atoms with Gasteiger partial charge in [-0.15, -0.1) is 11.3 Å². The first-order chi connectivity index (χ1) is 15.0. The van der Waals surface area contributed by atoms with Crippen molar-refractivity contribution in [3.05, 3.63) is 89.3 Å². The third-order valence-electron chi connectivity index (χ3n) is 4.68. The molecule has 1 amide bonds. The Morgan fingerprint density at radius 3 is 2.48 bits per heavy atom. The van der Waals surface area contributed by atoms with E-state index in [0.717, 1.165) is 21.8 Å². The van der Waals surface area contributed by atoms with E-state index >= 15 is 0 Å². The molecule has 4 rings (SSSR count). The van der Waals surface area contributed by atoms with Gasteiger partial charge in [0.05, 0.1) is 5.69 Å². The Bertz CT molecular complexity index is 1250. The minimum Gasteiger partial charge on any atom is -0.427 e. The summed E-state index contributed by atoms with van der Waals surface area (Å²) in [6.07, 6.45) is 0. The number of ether oxygens (including phenoxy) is 1. The van der Waals surface area contributed by atoms with Gasteiger partial charge in [-0.1, -0.05) is 42.5 Å². The Morgan fingerprint density at radius 2 is 1.74 bits per heavy atom. The lowest BCUT2D eigenvalue weighted by molar-refractivity contribution is -0.131. The van der Waals surface area contributed by atoms with Crippen molar-refractivity contribution in [3.63, 3.8) is 0 Å². The molecule has 0 aliphatic heterocycles. The van der Waals surface area contributed by atoms with Crippen molar-refractivity contribution in [3.8, 4) is 27.6 Å². The molecule has 0 radical (unpaired) electrons. The maximum absolute atomic E-state index is 12.5. The van der Waals surface area contributed by atoms with Gasteiger partial charge in [0.25, 0.3) is 5.91 Å². The lowest BCUT2D eigenvalue weighted by atomic mass is 10.1. The SMILES string of the molecule is CC(=O)Oc1cccc(C(=O)Nc2ccc(-c3csc(-c4ccccc4C)n3)cc2)c1. The van der Waals surface area contributed by atoms with Gasteiger partial charge in [0.15, 0.2) is 0 Å². The number of hydrogen-bond acceptors (Lipinski definition) is 5. The van der Waals surface area contributed by atoms with E-state index in [9.17, 15) is 9.59 Å². The average Bonchev–Trinajstić information content (AvgIpc) is 3.24. The number of anilines is 1. The summed E-state index contributed by atoms with van der Waals surface area (Å²) in [5, 5.41) is 5.88. The van der Waals surface area contributed by atoms with Crippen LogP contribution in [0.5, 0.6) is 5.75 Å². The first kappa shape index (κ1) is 20.5. The Balaban J connectivity index is 1.47.